The van der Waals surface area contributed by atoms with Crippen molar-refractivity contribution in [2.45, 2.75) is 12.8 Å². The molecule has 3 nitrogen and oxygen atoms in total. The molecule has 4 heteroatoms. The van der Waals surface area contributed by atoms with Gasteiger partial charge in [-0.1, -0.05) is 29.8 Å². The molecule has 2 aromatic rings. The maximum absolute atomic E-state index is 12.1. The van der Waals surface area contributed by atoms with Gasteiger partial charge in [-0.2, -0.15) is 0 Å². The third-order valence-corrected chi connectivity index (χ3v) is 3.76. The third-order valence-electron chi connectivity index (χ3n) is 3.51. The maximum Gasteiger partial charge on any atom is 0.184 e. The molecule has 0 radical (unpaired) electrons. The predicted molar refractivity (Wildman–Crippen MR) is 86.5 cm³/mol. The fourth-order valence-corrected chi connectivity index (χ4v) is 2.47. The van der Waals surface area contributed by atoms with E-state index in [-0.39, 0.29) is 12.3 Å². The van der Waals surface area contributed by atoms with Crippen LogP contribution in [-0.2, 0) is 6.42 Å². The Kier molecular flexibility index (Phi) is 4.02. The van der Waals surface area contributed by atoms with Gasteiger partial charge in [0.2, 0.25) is 0 Å². The number of nitrogens with one attached hydrogen (secondary N) is 1. The lowest BCUT2D eigenvalue weighted by molar-refractivity contribution is 0.100. The highest BCUT2D eigenvalue weighted by molar-refractivity contribution is 6.30. The Labute approximate surface area is 128 Å². The molecule has 21 heavy (non-hydrogen) atoms. The van der Waals surface area contributed by atoms with E-state index in [2.05, 4.69) is 16.4 Å². The highest BCUT2D eigenvalue weighted by Gasteiger charge is 2.13. The highest BCUT2D eigenvalue weighted by atomic mass is 35.5. The van der Waals surface area contributed by atoms with Crippen LogP contribution in [0.2, 0.25) is 5.02 Å². The summed E-state index contributed by atoms with van der Waals surface area (Å²) in [6.45, 7) is 0.159. The second kappa shape index (κ2) is 6.10. The number of aliphatic imine (C=N–C) groups is 1. The highest BCUT2D eigenvalue weighted by Crippen LogP contribution is 2.22. The molecule has 0 saturated heterocycles. The Bertz CT molecular complexity index is 692. The molecule has 0 saturated carbocycles. The number of amidine groups is 1. The lowest BCUT2D eigenvalue weighted by Crippen LogP contribution is -2.21. The molecule has 3 rings (SSSR count). The Morgan fingerprint density at radius 3 is 2.67 bits per heavy atom. The predicted octanol–water partition coefficient (Wildman–Crippen LogP) is 3.98. The summed E-state index contributed by atoms with van der Waals surface area (Å²) in [4.78, 5) is 16.5. The molecular formula is C17H15ClN2O. The van der Waals surface area contributed by atoms with E-state index >= 15 is 0 Å². The number of fused-ring (bicyclic) bond motifs is 1. The lowest BCUT2D eigenvalue weighted by Gasteiger charge is -2.19. The number of halogens is 1. The first-order valence-electron chi connectivity index (χ1n) is 6.89. The summed E-state index contributed by atoms with van der Waals surface area (Å²) in [6.07, 6.45) is 1.79. The molecule has 0 aromatic heterocycles. The van der Waals surface area contributed by atoms with Gasteiger partial charge in [0.1, 0.15) is 12.4 Å². The molecule has 106 valence electrons. The van der Waals surface area contributed by atoms with Gasteiger partial charge in [0.15, 0.2) is 5.78 Å². The molecule has 0 spiro atoms. The van der Waals surface area contributed by atoms with E-state index in [0.717, 1.165) is 24.4 Å². The van der Waals surface area contributed by atoms with Crippen molar-refractivity contribution in [3.8, 4) is 0 Å². The number of hydrogen-bond acceptors (Lipinski definition) is 2. The van der Waals surface area contributed by atoms with Gasteiger partial charge in [-0.05, 0) is 42.3 Å². The van der Waals surface area contributed by atoms with Gasteiger partial charge >= 0.3 is 0 Å². The van der Waals surface area contributed by atoms with Gasteiger partial charge in [0, 0.05) is 22.7 Å². The summed E-state index contributed by atoms with van der Waals surface area (Å²) in [5.41, 5.74) is 3.02. The van der Waals surface area contributed by atoms with Crippen molar-refractivity contribution in [3.05, 3.63) is 64.7 Å². The monoisotopic (exact) mass is 298 g/mol. The van der Waals surface area contributed by atoms with Gasteiger partial charge in [0.05, 0.1) is 0 Å². The van der Waals surface area contributed by atoms with E-state index < -0.39 is 0 Å². The minimum atomic E-state index is -0.000162. The van der Waals surface area contributed by atoms with Gasteiger partial charge < -0.3 is 5.32 Å². The molecule has 1 aliphatic rings. The van der Waals surface area contributed by atoms with E-state index in [1.807, 2.05) is 18.2 Å². The van der Waals surface area contributed by atoms with Crippen LogP contribution in [0.1, 0.15) is 22.3 Å². The summed E-state index contributed by atoms with van der Waals surface area (Å²) < 4.78 is 0. The Morgan fingerprint density at radius 2 is 1.86 bits per heavy atom. The number of aryl methyl sites for hydroxylation is 1. The first kappa shape index (κ1) is 13.8. The number of ketones is 1. The van der Waals surface area contributed by atoms with Gasteiger partial charge in [0.25, 0.3) is 0 Å². The Morgan fingerprint density at radius 1 is 1.10 bits per heavy atom. The number of anilines is 1. The van der Waals surface area contributed by atoms with Crippen molar-refractivity contribution in [2.75, 3.05) is 11.9 Å². The average Bonchev–Trinajstić information content (AvgIpc) is 2.53. The molecule has 0 amide bonds. The molecule has 0 aliphatic carbocycles. The van der Waals surface area contributed by atoms with Crippen molar-refractivity contribution in [3.63, 3.8) is 0 Å². The van der Waals surface area contributed by atoms with E-state index in [1.165, 1.54) is 5.56 Å². The molecule has 0 bridgehead atoms. The van der Waals surface area contributed by atoms with Gasteiger partial charge in [-0.3, -0.25) is 9.79 Å². The fraction of sp³-hybridized carbons (Fsp3) is 0.176. The summed E-state index contributed by atoms with van der Waals surface area (Å²) >= 11 is 5.81. The van der Waals surface area contributed by atoms with Crippen LogP contribution in [0.3, 0.4) is 0 Å². The largest absolute Gasteiger partial charge is 0.344 e. The number of Topliss-reactive ketones (excluding diaryl/α,β-unsaturated/α-hetero) is 1. The Hall–Kier alpha value is -2.13. The standard InChI is InChI=1S/C17H15ClN2O/c18-14-8-5-13(6-9-14)16(21)11-19-17-10-7-12-3-1-2-4-15(12)20-17/h1-6,8-9H,7,10-11H2,(H,19,20). The van der Waals surface area contributed by atoms with Gasteiger partial charge in [-0.15, -0.1) is 0 Å². The van der Waals surface area contributed by atoms with Crippen molar-refractivity contribution >= 4 is 28.9 Å². The first-order valence-corrected chi connectivity index (χ1v) is 7.27. The van der Waals surface area contributed by atoms with Crippen molar-refractivity contribution in [2.24, 2.45) is 4.99 Å². The minimum Gasteiger partial charge on any atom is -0.344 e. The average molecular weight is 299 g/mol. The van der Waals surface area contributed by atoms with Crippen LogP contribution >= 0.6 is 11.6 Å². The van der Waals surface area contributed by atoms with Crippen LogP contribution in [0.4, 0.5) is 5.69 Å². The molecule has 1 aliphatic heterocycles. The number of nitrogens with zero attached hydrogens (tertiary/aromatic N) is 1. The zero-order valence-corrected chi connectivity index (χ0v) is 12.2. The summed E-state index contributed by atoms with van der Waals surface area (Å²) in [5.74, 6) is 0.871. The number of hydrogen-bond donors (Lipinski definition) is 1. The zero-order valence-electron chi connectivity index (χ0n) is 11.5. The summed E-state index contributed by atoms with van der Waals surface area (Å²) in [6, 6.07) is 15.1. The van der Waals surface area contributed by atoms with Crippen molar-refractivity contribution < 1.29 is 4.79 Å². The quantitative estimate of drug-likeness (QED) is 0.871. The van der Waals surface area contributed by atoms with Crippen LogP contribution in [0.25, 0.3) is 0 Å². The molecule has 1 N–H and O–H groups in total. The molecule has 0 unspecified atom stereocenters. The van der Waals surface area contributed by atoms with Crippen LogP contribution in [0, 0.1) is 0 Å². The molecule has 0 atom stereocenters. The molecule has 1 heterocycles. The minimum absolute atomic E-state index is 0.000162. The fourth-order valence-electron chi connectivity index (χ4n) is 2.34. The number of carbonyl (C=O) groups is 1. The van der Waals surface area contributed by atoms with Crippen molar-refractivity contribution in [1.82, 2.24) is 0 Å². The van der Waals surface area contributed by atoms with E-state index in [0.29, 0.717) is 10.6 Å². The van der Waals surface area contributed by atoms with E-state index in [4.69, 9.17) is 11.6 Å². The maximum atomic E-state index is 12.1. The number of benzene rings is 2. The SMILES string of the molecule is O=C(CN=C1CCc2ccccc2N1)c1ccc(Cl)cc1. The third kappa shape index (κ3) is 3.31. The second-order valence-corrected chi connectivity index (χ2v) is 5.41. The molecule has 0 fully saturated rings. The summed E-state index contributed by atoms with van der Waals surface area (Å²) in [5, 5.41) is 3.92. The van der Waals surface area contributed by atoms with Crippen LogP contribution < -0.4 is 5.32 Å². The normalized spacial score (nSPS) is 15.4. The first-order chi connectivity index (χ1) is 10.2. The number of rotatable bonds is 3. The van der Waals surface area contributed by atoms with Crippen molar-refractivity contribution in [1.29, 1.82) is 0 Å². The number of para-hydroxylation sites is 1. The second-order valence-electron chi connectivity index (χ2n) is 4.98. The van der Waals surface area contributed by atoms with Gasteiger partial charge in [-0.25, -0.2) is 0 Å². The topological polar surface area (TPSA) is 41.5 Å². The summed E-state index contributed by atoms with van der Waals surface area (Å²) in [7, 11) is 0. The molecular weight excluding hydrogens is 284 g/mol. The van der Waals surface area contributed by atoms with Crippen LogP contribution in [-0.4, -0.2) is 18.2 Å². The lowest BCUT2D eigenvalue weighted by atomic mass is 10.0. The smallest absolute Gasteiger partial charge is 0.184 e. The van der Waals surface area contributed by atoms with E-state index in [9.17, 15) is 4.79 Å². The number of carbonyl (C=O) groups excluding carboxylic acids is 1. The Balaban J connectivity index is 1.67. The van der Waals surface area contributed by atoms with Crippen LogP contribution in [0.15, 0.2) is 53.5 Å². The van der Waals surface area contributed by atoms with E-state index in [1.54, 1.807) is 24.3 Å². The molecule has 2 aromatic carbocycles. The zero-order chi connectivity index (χ0) is 14.7. The van der Waals surface area contributed by atoms with Crippen LogP contribution in [0.5, 0.6) is 0 Å².